The van der Waals surface area contributed by atoms with Crippen molar-refractivity contribution >= 4 is 29.1 Å². The third-order valence-corrected chi connectivity index (χ3v) is 8.49. The van der Waals surface area contributed by atoms with E-state index in [1.165, 1.54) is 0 Å². The first-order chi connectivity index (χ1) is 19.9. The number of Topliss-reactive ketones (excluding diaryl/α,β-unsaturated/α-hetero) is 1. The molecule has 3 aromatic carbocycles. The lowest BCUT2D eigenvalue weighted by atomic mass is 9.71. The van der Waals surface area contributed by atoms with Crippen LogP contribution in [0.1, 0.15) is 42.7 Å². The lowest BCUT2D eigenvalue weighted by molar-refractivity contribution is -0.116. The summed E-state index contributed by atoms with van der Waals surface area (Å²) in [6.07, 6.45) is 3.00. The van der Waals surface area contributed by atoms with E-state index in [0.29, 0.717) is 46.9 Å². The molecule has 0 saturated carbocycles. The van der Waals surface area contributed by atoms with Crippen LogP contribution in [0.2, 0.25) is 0 Å². The number of carbonyl (C=O) groups excluding carboxylic acids is 2. The monoisotopic (exact) mass is 570 g/mol. The molecule has 5 rings (SSSR count). The zero-order valence-corrected chi connectivity index (χ0v) is 24.7. The fraction of sp³-hybridized carbons (Fsp3) is 0.273. The minimum Gasteiger partial charge on any atom is -0.497 e. The highest BCUT2D eigenvalue weighted by Crippen LogP contribution is 2.46. The summed E-state index contributed by atoms with van der Waals surface area (Å²) >= 11 is 1.65. The second-order valence-electron chi connectivity index (χ2n) is 10.1. The van der Waals surface area contributed by atoms with Gasteiger partial charge in [-0.3, -0.25) is 9.59 Å². The Labute approximate surface area is 245 Å². The lowest BCUT2D eigenvalue weighted by Gasteiger charge is -2.37. The Balaban J connectivity index is 1.53. The third-order valence-electron chi connectivity index (χ3n) is 7.75. The number of nitrogens with one attached hydrogen (secondary N) is 2. The molecule has 1 heterocycles. The van der Waals surface area contributed by atoms with Gasteiger partial charge in [-0.25, -0.2) is 0 Å². The molecular formula is C33H34N2O5S. The molecule has 2 aliphatic rings. The summed E-state index contributed by atoms with van der Waals surface area (Å²) < 4.78 is 16.2. The quantitative estimate of drug-likeness (QED) is 0.302. The molecule has 3 aromatic rings. The van der Waals surface area contributed by atoms with Crippen molar-refractivity contribution in [3.63, 3.8) is 0 Å². The van der Waals surface area contributed by atoms with E-state index in [1.807, 2.05) is 55.6 Å². The first-order valence-electron chi connectivity index (χ1n) is 13.4. The summed E-state index contributed by atoms with van der Waals surface area (Å²) in [4.78, 5) is 28.9. The van der Waals surface area contributed by atoms with Gasteiger partial charge in [0.15, 0.2) is 17.3 Å². The number of rotatable bonds is 8. The van der Waals surface area contributed by atoms with Gasteiger partial charge in [0.25, 0.3) is 5.91 Å². The molecule has 0 unspecified atom stereocenters. The number of ketones is 1. The summed E-state index contributed by atoms with van der Waals surface area (Å²) in [7, 11) is 4.81. The SMILES string of the molecule is COc1ccc(NC(=O)C2=C(C)NC3=C(C(=O)C[C@@H](c4ccc(OC)c(OC)c4)C3)[C@H]2c2ccc(SC)cc2)cc1. The van der Waals surface area contributed by atoms with Crippen molar-refractivity contribution in [3.8, 4) is 17.2 Å². The number of hydrogen-bond donors (Lipinski definition) is 2. The Morgan fingerprint density at radius 3 is 2.20 bits per heavy atom. The van der Waals surface area contributed by atoms with Gasteiger partial charge < -0.3 is 24.8 Å². The average Bonchev–Trinajstić information content (AvgIpc) is 3.00. The van der Waals surface area contributed by atoms with Crippen LogP contribution in [0, 0.1) is 0 Å². The predicted octanol–water partition coefficient (Wildman–Crippen LogP) is 6.43. The van der Waals surface area contributed by atoms with Crippen molar-refractivity contribution in [3.05, 3.63) is 100 Å². The molecule has 0 radical (unpaired) electrons. The maximum Gasteiger partial charge on any atom is 0.254 e. The van der Waals surface area contributed by atoms with Crippen LogP contribution in [0.3, 0.4) is 0 Å². The van der Waals surface area contributed by atoms with Gasteiger partial charge in [0, 0.05) is 45.5 Å². The summed E-state index contributed by atoms with van der Waals surface area (Å²) in [5, 5.41) is 6.48. The van der Waals surface area contributed by atoms with Crippen LogP contribution in [0.5, 0.6) is 17.2 Å². The number of allylic oxidation sites excluding steroid dienone is 3. The summed E-state index contributed by atoms with van der Waals surface area (Å²) in [5.41, 5.74) is 5.35. The Kier molecular flexibility index (Phi) is 8.40. The van der Waals surface area contributed by atoms with Gasteiger partial charge in [-0.1, -0.05) is 18.2 Å². The summed E-state index contributed by atoms with van der Waals surface area (Å²) in [5.74, 6) is 1.24. The number of thioether (sulfide) groups is 1. The van der Waals surface area contributed by atoms with Crippen LogP contribution in [-0.2, 0) is 9.59 Å². The number of dihydropyridines is 1. The minimum atomic E-state index is -0.487. The van der Waals surface area contributed by atoms with E-state index in [0.717, 1.165) is 27.4 Å². The maximum absolute atomic E-state index is 14.0. The van der Waals surface area contributed by atoms with Crippen LogP contribution in [0.15, 0.2) is 94.2 Å². The van der Waals surface area contributed by atoms with E-state index in [1.54, 1.807) is 57.4 Å². The third kappa shape index (κ3) is 5.70. The number of methoxy groups -OCH3 is 3. The number of amides is 1. The number of ether oxygens (including phenoxy) is 3. The van der Waals surface area contributed by atoms with Crippen LogP contribution in [0.4, 0.5) is 5.69 Å². The number of anilines is 1. The zero-order chi connectivity index (χ0) is 29.1. The fourth-order valence-electron chi connectivity index (χ4n) is 5.68. The second kappa shape index (κ2) is 12.1. The molecule has 2 atom stereocenters. The van der Waals surface area contributed by atoms with Crippen molar-refractivity contribution in [1.29, 1.82) is 0 Å². The van der Waals surface area contributed by atoms with E-state index < -0.39 is 5.92 Å². The van der Waals surface area contributed by atoms with Gasteiger partial charge in [0.2, 0.25) is 0 Å². The van der Waals surface area contributed by atoms with Gasteiger partial charge in [-0.05, 0) is 85.2 Å². The van der Waals surface area contributed by atoms with Crippen molar-refractivity contribution < 1.29 is 23.8 Å². The van der Waals surface area contributed by atoms with Crippen LogP contribution in [-0.4, -0.2) is 39.3 Å². The molecule has 0 bridgehead atoms. The number of carbonyl (C=O) groups is 2. The highest BCUT2D eigenvalue weighted by molar-refractivity contribution is 7.98. The molecule has 0 spiro atoms. The maximum atomic E-state index is 14.0. The molecular weight excluding hydrogens is 536 g/mol. The smallest absolute Gasteiger partial charge is 0.254 e. The highest BCUT2D eigenvalue weighted by atomic mass is 32.2. The molecule has 1 aliphatic carbocycles. The Hall–Kier alpha value is -4.17. The molecule has 41 heavy (non-hydrogen) atoms. The van der Waals surface area contributed by atoms with E-state index in [4.69, 9.17) is 14.2 Å². The van der Waals surface area contributed by atoms with E-state index in [-0.39, 0.29) is 17.6 Å². The molecule has 0 aromatic heterocycles. The van der Waals surface area contributed by atoms with Crippen LogP contribution in [0.25, 0.3) is 0 Å². The number of hydrogen-bond acceptors (Lipinski definition) is 7. The van der Waals surface area contributed by atoms with Crippen molar-refractivity contribution in [2.24, 2.45) is 0 Å². The summed E-state index contributed by atoms with van der Waals surface area (Å²) in [6.45, 7) is 1.90. The van der Waals surface area contributed by atoms with Gasteiger partial charge in [-0.15, -0.1) is 11.8 Å². The Morgan fingerprint density at radius 1 is 0.878 bits per heavy atom. The first-order valence-corrected chi connectivity index (χ1v) is 14.6. The molecule has 1 amide bonds. The molecule has 212 valence electrons. The Morgan fingerprint density at radius 2 is 1.56 bits per heavy atom. The predicted molar refractivity (Wildman–Crippen MR) is 162 cm³/mol. The van der Waals surface area contributed by atoms with Crippen molar-refractivity contribution in [1.82, 2.24) is 5.32 Å². The van der Waals surface area contributed by atoms with Crippen molar-refractivity contribution in [2.45, 2.75) is 36.5 Å². The van der Waals surface area contributed by atoms with Crippen LogP contribution >= 0.6 is 11.8 Å². The van der Waals surface area contributed by atoms with Gasteiger partial charge in [-0.2, -0.15) is 0 Å². The largest absolute Gasteiger partial charge is 0.497 e. The second-order valence-corrected chi connectivity index (χ2v) is 11.0. The fourth-order valence-corrected chi connectivity index (χ4v) is 6.09. The molecule has 0 saturated heterocycles. The molecule has 7 nitrogen and oxygen atoms in total. The van der Waals surface area contributed by atoms with Crippen molar-refractivity contribution in [2.75, 3.05) is 32.9 Å². The molecule has 1 aliphatic heterocycles. The highest BCUT2D eigenvalue weighted by Gasteiger charge is 2.41. The number of benzene rings is 3. The average molecular weight is 571 g/mol. The van der Waals surface area contributed by atoms with E-state index >= 15 is 0 Å². The lowest BCUT2D eigenvalue weighted by Crippen LogP contribution is -2.37. The summed E-state index contributed by atoms with van der Waals surface area (Å²) in [6, 6.07) is 21.1. The Bertz CT molecular complexity index is 1530. The topological polar surface area (TPSA) is 85.9 Å². The van der Waals surface area contributed by atoms with E-state index in [2.05, 4.69) is 10.6 Å². The van der Waals surface area contributed by atoms with E-state index in [9.17, 15) is 9.59 Å². The standard InChI is InChI=1S/C33H34N2O5S/c1-19-30(33(37)35-23-9-11-24(38-2)12-10-23)31(20-6-13-25(41-5)14-7-20)32-26(34-19)16-22(17-27(32)36)21-8-15-28(39-3)29(18-21)40-4/h6-15,18,22,31,34H,16-17H2,1-5H3,(H,35,37)/t22-,31-/m0/s1. The molecule has 8 heteroatoms. The minimum absolute atomic E-state index is 0.0275. The first kappa shape index (κ1) is 28.4. The molecule has 0 fully saturated rings. The normalized spacial score (nSPS) is 18.4. The molecule has 2 N–H and O–H groups in total. The van der Waals surface area contributed by atoms with Gasteiger partial charge in [0.05, 0.1) is 21.3 Å². The van der Waals surface area contributed by atoms with Crippen LogP contribution < -0.4 is 24.8 Å². The zero-order valence-electron chi connectivity index (χ0n) is 23.9. The van der Waals surface area contributed by atoms with Gasteiger partial charge in [0.1, 0.15) is 5.75 Å². The van der Waals surface area contributed by atoms with Gasteiger partial charge >= 0.3 is 0 Å².